The van der Waals surface area contributed by atoms with Crippen molar-refractivity contribution in [1.82, 2.24) is 4.98 Å². The van der Waals surface area contributed by atoms with Crippen molar-refractivity contribution in [2.45, 2.75) is 6.42 Å². The monoisotopic (exact) mass is 168 g/mol. The van der Waals surface area contributed by atoms with Gasteiger partial charge in [-0.2, -0.15) is 0 Å². The van der Waals surface area contributed by atoms with Crippen molar-refractivity contribution in [3.05, 3.63) is 18.5 Å². The van der Waals surface area contributed by atoms with Crippen LogP contribution >= 0.6 is 0 Å². The topological polar surface area (TPSA) is 82.2 Å². The molecule has 1 aromatic heterocycles. The van der Waals surface area contributed by atoms with Crippen molar-refractivity contribution in [3.63, 3.8) is 0 Å². The molecule has 0 unspecified atom stereocenters. The highest BCUT2D eigenvalue weighted by Gasteiger charge is 2.06. The number of aliphatic carboxylic acids is 1. The first-order chi connectivity index (χ1) is 5.68. The molecule has 5 heteroatoms. The van der Waals surface area contributed by atoms with Crippen molar-refractivity contribution < 1.29 is 14.7 Å². The van der Waals surface area contributed by atoms with Gasteiger partial charge in [-0.15, -0.1) is 0 Å². The molecule has 0 atom stereocenters. The maximum atomic E-state index is 10.8. The van der Waals surface area contributed by atoms with Crippen molar-refractivity contribution >= 4 is 17.6 Å². The third kappa shape index (κ3) is 2.45. The van der Waals surface area contributed by atoms with Gasteiger partial charge in [0.2, 0.25) is 5.91 Å². The van der Waals surface area contributed by atoms with Crippen molar-refractivity contribution in [2.24, 2.45) is 0 Å². The molecule has 0 spiro atoms. The second-order valence-electron chi connectivity index (χ2n) is 2.22. The number of aromatic nitrogens is 1. The quantitative estimate of drug-likeness (QED) is 0.572. The van der Waals surface area contributed by atoms with Gasteiger partial charge in [-0.1, -0.05) is 0 Å². The van der Waals surface area contributed by atoms with Crippen LogP contribution in [0.4, 0.5) is 5.69 Å². The van der Waals surface area contributed by atoms with E-state index in [4.69, 9.17) is 5.11 Å². The summed E-state index contributed by atoms with van der Waals surface area (Å²) in [6.45, 7) is 0. The Morgan fingerprint density at radius 2 is 2.33 bits per heavy atom. The lowest BCUT2D eigenvalue weighted by Crippen LogP contribution is -2.15. The van der Waals surface area contributed by atoms with Gasteiger partial charge in [0.1, 0.15) is 6.42 Å². The summed E-state index contributed by atoms with van der Waals surface area (Å²) < 4.78 is 0. The van der Waals surface area contributed by atoms with Crippen LogP contribution in [0.5, 0.6) is 0 Å². The number of nitrogens with one attached hydrogen (secondary N) is 2. The SMILES string of the molecule is O=C(O)CC(=O)Nc1cc[nH]c1. The Morgan fingerprint density at radius 1 is 1.58 bits per heavy atom. The van der Waals surface area contributed by atoms with E-state index < -0.39 is 18.3 Å². The number of amides is 1. The van der Waals surface area contributed by atoms with Crippen molar-refractivity contribution in [3.8, 4) is 0 Å². The van der Waals surface area contributed by atoms with Crippen molar-refractivity contribution in [1.29, 1.82) is 0 Å². The second-order valence-corrected chi connectivity index (χ2v) is 2.22. The fourth-order valence-electron chi connectivity index (χ4n) is 0.744. The predicted octanol–water partition coefficient (Wildman–Crippen LogP) is 0.428. The number of hydrogen-bond donors (Lipinski definition) is 3. The lowest BCUT2D eigenvalue weighted by atomic mass is 10.4. The largest absolute Gasteiger partial charge is 0.481 e. The minimum absolute atomic E-state index is 0.509. The number of carboxylic acids is 1. The van der Waals surface area contributed by atoms with Gasteiger partial charge in [-0.3, -0.25) is 9.59 Å². The number of H-pyrrole nitrogens is 1. The maximum Gasteiger partial charge on any atom is 0.312 e. The average molecular weight is 168 g/mol. The molecule has 0 bridgehead atoms. The Hall–Kier alpha value is -1.78. The first kappa shape index (κ1) is 8.32. The van der Waals surface area contributed by atoms with Crippen LogP contribution in [0.3, 0.4) is 0 Å². The summed E-state index contributed by atoms with van der Waals surface area (Å²) >= 11 is 0. The maximum absolute atomic E-state index is 10.8. The van der Waals surface area contributed by atoms with Crippen LogP contribution in [0.1, 0.15) is 6.42 Å². The molecule has 64 valence electrons. The molecule has 0 saturated heterocycles. The molecule has 0 radical (unpaired) electrons. The summed E-state index contributed by atoms with van der Waals surface area (Å²) in [6, 6.07) is 1.64. The van der Waals surface area contributed by atoms with Crippen LogP contribution in [-0.4, -0.2) is 22.0 Å². The number of hydrogen-bond acceptors (Lipinski definition) is 2. The molecule has 0 fully saturated rings. The van der Waals surface area contributed by atoms with E-state index in [1.54, 1.807) is 18.5 Å². The Balaban J connectivity index is 2.42. The van der Waals surface area contributed by atoms with Gasteiger partial charge in [0.05, 0.1) is 5.69 Å². The predicted molar refractivity (Wildman–Crippen MR) is 41.7 cm³/mol. The molecular weight excluding hydrogens is 160 g/mol. The highest BCUT2D eigenvalue weighted by molar-refractivity contribution is 6.01. The Morgan fingerprint density at radius 3 is 2.83 bits per heavy atom. The van der Waals surface area contributed by atoms with E-state index in [9.17, 15) is 9.59 Å². The molecule has 1 amide bonds. The van der Waals surface area contributed by atoms with Gasteiger partial charge in [0.15, 0.2) is 0 Å². The molecule has 0 aliphatic heterocycles. The normalized spacial score (nSPS) is 9.33. The van der Waals surface area contributed by atoms with Gasteiger partial charge < -0.3 is 15.4 Å². The smallest absolute Gasteiger partial charge is 0.312 e. The van der Waals surface area contributed by atoms with Gasteiger partial charge >= 0.3 is 5.97 Å². The zero-order chi connectivity index (χ0) is 8.97. The fourth-order valence-corrected chi connectivity index (χ4v) is 0.744. The van der Waals surface area contributed by atoms with Gasteiger partial charge in [-0.05, 0) is 6.07 Å². The van der Waals surface area contributed by atoms with Crippen molar-refractivity contribution in [2.75, 3.05) is 5.32 Å². The van der Waals surface area contributed by atoms with E-state index in [0.717, 1.165) is 0 Å². The van der Waals surface area contributed by atoms with Crippen LogP contribution in [0.2, 0.25) is 0 Å². The fraction of sp³-hybridized carbons (Fsp3) is 0.143. The molecule has 1 aromatic rings. The summed E-state index contributed by atoms with van der Waals surface area (Å²) in [5, 5.41) is 10.6. The molecule has 0 aliphatic carbocycles. The average Bonchev–Trinajstić information content (AvgIpc) is 2.37. The van der Waals surface area contributed by atoms with Crippen LogP contribution < -0.4 is 5.32 Å². The molecule has 0 saturated carbocycles. The molecule has 0 aliphatic rings. The van der Waals surface area contributed by atoms with E-state index in [0.29, 0.717) is 5.69 Å². The van der Waals surface area contributed by atoms with Gasteiger partial charge in [0, 0.05) is 12.4 Å². The number of aromatic amines is 1. The third-order valence-electron chi connectivity index (χ3n) is 1.19. The molecule has 5 nitrogen and oxygen atoms in total. The van der Waals surface area contributed by atoms with E-state index >= 15 is 0 Å². The number of carboxylic acid groups (broad SMARTS) is 1. The number of rotatable bonds is 3. The van der Waals surface area contributed by atoms with E-state index in [2.05, 4.69) is 10.3 Å². The number of carbonyl (C=O) groups is 2. The Bertz CT molecular complexity index is 279. The minimum Gasteiger partial charge on any atom is -0.481 e. The highest BCUT2D eigenvalue weighted by atomic mass is 16.4. The Labute approximate surface area is 68.4 Å². The first-order valence-corrected chi connectivity index (χ1v) is 3.33. The zero-order valence-corrected chi connectivity index (χ0v) is 6.20. The summed E-state index contributed by atoms with van der Waals surface area (Å²) in [4.78, 5) is 23.6. The van der Waals surface area contributed by atoms with Crippen LogP contribution in [0, 0.1) is 0 Å². The second kappa shape index (κ2) is 3.56. The van der Waals surface area contributed by atoms with E-state index in [1.807, 2.05) is 0 Å². The first-order valence-electron chi connectivity index (χ1n) is 3.33. The molecule has 12 heavy (non-hydrogen) atoms. The van der Waals surface area contributed by atoms with E-state index in [1.165, 1.54) is 0 Å². The van der Waals surface area contributed by atoms with Gasteiger partial charge in [-0.25, -0.2) is 0 Å². The van der Waals surface area contributed by atoms with Crippen LogP contribution in [0.15, 0.2) is 18.5 Å². The van der Waals surface area contributed by atoms with Crippen LogP contribution in [-0.2, 0) is 9.59 Å². The lowest BCUT2D eigenvalue weighted by molar-refractivity contribution is -0.139. The summed E-state index contributed by atoms with van der Waals surface area (Å²) in [5.74, 6) is -1.66. The molecular formula is C7H8N2O3. The Kier molecular flexibility index (Phi) is 2.47. The zero-order valence-electron chi connectivity index (χ0n) is 6.20. The highest BCUT2D eigenvalue weighted by Crippen LogP contribution is 2.03. The lowest BCUT2D eigenvalue weighted by Gasteiger charge is -1.97. The molecule has 1 rings (SSSR count). The molecule has 3 N–H and O–H groups in total. The minimum atomic E-state index is -1.14. The number of carbonyl (C=O) groups excluding carboxylic acids is 1. The third-order valence-corrected chi connectivity index (χ3v) is 1.19. The van der Waals surface area contributed by atoms with E-state index in [-0.39, 0.29) is 0 Å². The van der Waals surface area contributed by atoms with Crippen LogP contribution in [0.25, 0.3) is 0 Å². The molecule has 0 aromatic carbocycles. The van der Waals surface area contributed by atoms with Gasteiger partial charge in [0.25, 0.3) is 0 Å². The number of anilines is 1. The standard InChI is InChI=1S/C7H8N2O3/c10-6(3-7(11)12)9-5-1-2-8-4-5/h1-2,4,8H,3H2,(H,9,10)(H,11,12). The summed E-state index contributed by atoms with van der Waals surface area (Å²) in [6.07, 6.45) is 2.70. The summed E-state index contributed by atoms with van der Waals surface area (Å²) in [7, 11) is 0. The molecule has 1 heterocycles. The summed E-state index contributed by atoms with van der Waals surface area (Å²) in [5.41, 5.74) is 0.571.